The molecule has 0 atom stereocenters. The number of nitrogens with zero attached hydrogens (tertiary/aromatic N) is 1. The fraction of sp³-hybridized carbons (Fsp3) is 0.364. The second kappa shape index (κ2) is 5.85. The van der Waals surface area contributed by atoms with Crippen LogP contribution in [-0.2, 0) is 4.79 Å². The molecule has 1 rings (SSSR count). The van der Waals surface area contributed by atoms with Gasteiger partial charge in [-0.1, -0.05) is 12.1 Å². The third-order valence-electron chi connectivity index (χ3n) is 1.94. The Balaban J connectivity index is 2.37. The van der Waals surface area contributed by atoms with Gasteiger partial charge in [0.05, 0.1) is 6.42 Å². The van der Waals surface area contributed by atoms with Crippen LogP contribution in [0.1, 0.15) is 18.4 Å². The van der Waals surface area contributed by atoms with Crippen molar-refractivity contribution >= 4 is 5.97 Å². The van der Waals surface area contributed by atoms with Gasteiger partial charge in [0.2, 0.25) is 6.54 Å². The summed E-state index contributed by atoms with van der Waals surface area (Å²) in [6, 6.07) is 7.10. The predicted octanol–water partition coefficient (Wildman–Crippen LogP) is 1.96. The first-order valence-electron chi connectivity index (χ1n) is 4.97. The summed E-state index contributed by atoms with van der Waals surface area (Å²) in [6.45, 7) is 1.69. The molecule has 0 saturated carbocycles. The monoisotopic (exact) mass is 223 g/mol. The fourth-order valence-electron chi connectivity index (χ4n) is 1.21. The van der Waals surface area contributed by atoms with E-state index in [1.165, 1.54) is 0 Å². The van der Waals surface area contributed by atoms with Crippen molar-refractivity contribution in [2.45, 2.75) is 19.8 Å². The quantitative estimate of drug-likeness (QED) is 0.331. The molecule has 0 fully saturated rings. The van der Waals surface area contributed by atoms with Gasteiger partial charge in [0.25, 0.3) is 0 Å². The van der Waals surface area contributed by atoms with Crippen LogP contribution in [-0.4, -0.2) is 17.4 Å². The number of carbonyl (C=O) groups excluding carboxylic acids is 1. The minimum atomic E-state index is -0.444. The van der Waals surface area contributed by atoms with Gasteiger partial charge >= 0.3 is 5.97 Å². The number of nitro groups is 1. The van der Waals surface area contributed by atoms with E-state index >= 15 is 0 Å². The summed E-state index contributed by atoms with van der Waals surface area (Å²) in [4.78, 5) is 20.9. The van der Waals surface area contributed by atoms with Crippen LogP contribution in [0, 0.1) is 17.0 Å². The highest BCUT2D eigenvalue weighted by molar-refractivity contribution is 5.72. The number of rotatable bonds is 5. The molecule has 0 saturated heterocycles. The molecular weight excluding hydrogens is 210 g/mol. The molecule has 0 spiro atoms. The van der Waals surface area contributed by atoms with Crippen LogP contribution in [0.15, 0.2) is 24.3 Å². The van der Waals surface area contributed by atoms with Gasteiger partial charge in [-0.3, -0.25) is 14.9 Å². The molecule has 0 radical (unpaired) electrons. The van der Waals surface area contributed by atoms with Crippen molar-refractivity contribution in [3.05, 3.63) is 39.9 Å². The lowest BCUT2D eigenvalue weighted by atomic mass is 10.2. The van der Waals surface area contributed by atoms with Crippen LogP contribution in [0.2, 0.25) is 0 Å². The molecule has 16 heavy (non-hydrogen) atoms. The molecule has 0 bridgehead atoms. The molecule has 1 aromatic carbocycles. The predicted molar refractivity (Wildman–Crippen MR) is 57.9 cm³/mol. The molecule has 0 N–H and O–H groups in total. The van der Waals surface area contributed by atoms with Gasteiger partial charge in [-0.05, 0) is 24.6 Å². The number of ether oxygens (including phenoxy) is 1. The Morgan fingerprint density at radius 1 is 1.50 bits per heavy atom. The molecule has 86 valence electrons. The number of benzene rings is 1. The largest absolute Gasteiger partial charge is 0.427 e. The normalized spacial score (nSPS) is 9.81. The molecule has 1 aromatic rings. The van der Waals surface area contributed by atoms with E-state index < -0.39 is 10.9 Å². The summed E-state index contributed by atoms with van der Waals surface area (Å²) in [5.41, 5.74) is 0.996. The van der Waals surface area contributed by atoms with E-state index in [4.69, 9.17) is 4.74 Å². The van der Waals surface area contributed by atoms with E-state index in [0.29, 0.717) is 5.75 Å². The minimum absolute atomic E-state index is 0.0644. The average Bonchev–Trinajstić information content (AvgIpc) is 2.16. The SMILES string of the molecule is Cc1cccc(OC(=O)CCC[N+](=O)[O-])c1. The van der Waals surface area contributed by atoms with E-state index in [9.17, 15) is 14.9 Å². The van der Waals surface area contributed by atoms with Crippen LogP contribution in [0.25, 0.3) is 0 Å². The minimum Gasteiger partial charge on any atom is -0.427 e. The lowest BCUT2D eigenvalue weighted by Crippen LogP contribution is -2.10. The molecule has 0 aliphatic rings. The van der Waals surface area contributed by atoms with Crippen molar-refractivity contribution in [1.82, 2.24) is 0 Å². The molecule has 0 unspecified atom stereocenters. The van der Waals surface area contributed by atoms with Crippen LogP contribution in [0.3, 0.4) is 0 Å². The van der Waals surface area contributed by atoms with Crippen molar-refractivity contribution in [3.8, 4) is 5.75 Å². The lowest BCUT2D eigenvalue weighted by molar-refractivity contribution is -0.480. The van der Waals surface area contributed by atoms with Crippen LogP contribution in [0.5, 0.6) is 5.75 Å². The number of esters is 1. The fourth-order valence-corrected chi connectivity index (χ4v) is 1.21. The van der Waals surface area contributed by atoms with Gasteiger partial charge in [0, 0.05) is 11.3 Å². The lowest BCUT2D eigenvalue weighted by Gasteiger charge is -2.03. The van der Waals surface area contributed by atoms with E-state index in [1.807, 2.05) is 13.0 Å². The van der Waals surface area contributed by atoms with Crippen molar-refractivity contribution in [3.63, 3.8) is 0 Å². The number of hydrogen-bond donors (Lipinski definition) is 0. The summed E-state index contributed by atoms with van der Waals surface area (Å²) in [5.74, 6) is 0.0403. The number of aryl methyl sites for hydroxylation is 1. The van der Waals surface area contributed by atoms with Gasteiger partial charge in [-0.25, -0.2) is 0 Å². The zero-order chi connectivity index (χ0) is 12.0. The van der Waals surface area contributed by atoms with Gasteiger partial charge in [-0.15, -0.1) is 0 Å². The Hall–Kier alpha value is -1.91. The molecular formula is C11H13NO4. The Kier molecular flexibility index (Phi) is 4.44. The van der Waals surface area contributed by atoms with Crippen molar-refractivity contribution in [2.24, 2.45) is 0 Å². The van der Waals surface area contributed by atoms with Crippen molar-refractivity contribution in [1.29, 1.82) is 0 Å². The molecule has 5 nitrogen and oxygen atoms in total. The Morgan fingerprint density at radius 2 is 2.25 bits per heavy atom. The highest BCUT2D eigenvalue weighted by atomic mass is 16.6. The molecule has 0 aliphatic carbocycles. The third-order valence-corrected chi connectivity index (χ3v) is 1.94. The second-order valence-corrected chi connectivity index (χ2v) is 3.45. The third kappa shape index (κ3) is 4.54. The average molecular weight is 223 g/mol. The first-order valence-corrected chi connectivity index (χ1v) is 4.97. The van der Waals surface area contributed by atoms with Crippen LogP contribution >= 0.6 is 0 Å². The summed E-state index contributed by atoms with van der Waals surface area (Å²) in [7, 11) is 0. The molecule has 0 heterocycles. The van der Waals surface area contributed by atoms with E-state index in [2.05, 4.69) is 0 Å². The van der Waals surface area contributed by atoms with Gasteiger partial charge in [-0.2, -0.15) is 0 Å². The first kappa shape index (κ1) is 12.2. The van der Waals surface area contributed by atoms with Crippen molar-refractivity contribution in [2.75, 3.05) is 6.54 Å². The Morgan fingerprint density at radius 3 is 2.88 bits per heavy atom. The zero-order valence-electron chi connectivity index (χ0n) is 9.01. The van der Waals surface area contributed by atoms with E-state index in [1.54, 1.807) is 18.2 Å². The maximum atomic E-state index is 11.3. The van der Waals surface area contributed by atoms with Gasteiger partial charge in [0.1, 0.15) is 5.75 Å². The molecule has 0 aliphatic heterocycles. The number of hydrogen-bond acceptors (Lipinski definition) is 4. The maximum Gasteiger partial charge on any atom is 0.311 e. The Labute approximate surface area is 93.2 Å². The topological polar surface area (TPSA) is 69.4 Å². The standard InChI is InChI=1S/C11H13NO4/c1-9-4-2-5-10(8-9)16-11(13)6-3-7-12(14)15/h2,4-5,8H,3,6-7H2,1H3. The first-order chi connectivity index (χ1) is 7.58. The second-order valence-electron chi connectivity index (χ2n) is 3.45. The molecule has 5 heteroatoms. The van der Waals surface area contributed by atoms with Crippen LogP contribution in [0.4, 0.5) is 0 Å². The summed E-state index contributed by atoms with van der Waals surface area (Å²) < 4.78 is 5.02. The summed E-state index contributed by atoms with van der Waals surface area (Å²) in [5, 5.41) is 10.0. The number of carbonyl (C=O) groups is 1. The maximum absolute atomic E-state index is 11.3. The van der Waals surface area contributed by atoms with Crippen molar-refractivity contribution < 1.29 is 14.5 Å². The van der Waals surface area contributed by atoms with E-state index in [-0.39, 0.29) is 19.4 Å². The van der Waals surface area contributed by atoms with Gasteiger partial charge < -0.3 is 4.74 Å². The van der Waals surface area contributed by atoms with Gasteiger partial charge in [0.15, 0.2) is 0 Å². The Bertz CT molecular complexity index is 389. The molecule has 0 aromatic heterocycles. The smallest absolute Gasteiger partial charge is 0.311 e. The highest BCUT2D eigenvalue weighted by Gasteiger charge is 2.07. The zero-order valence-corrected chi connectivity index (χ0v) is 9.01. The molecule has 0 amide bonds. The summed E-state index contributed by atoms with van der Waals surface area (Å²) >= 11 is 0. The summed E-state index contributed by atoms with van der Waals surface area (Å²) in [6.07, 6.45) is 0.270. The highest BCUT2D eigenvalue weighted by Crippen LogP contribution is 2.13. The van der Waals surface area contributed by atoms with E-state index in [0.717, 1.165) is 5.56 Å². The van der Waals surface area contributed by atoms with Crippen LogP contribution < -0.4 is 4.74 Å².